The molecule has 1 aromatic carbocycles. The van der Waals surface area contributed by atoms with Crippen molar-refractivity contribution in [1.29, 1.82) is 0 Å². The zero-order chi connectivity index (χ0) is 13.2. The molecule has 2 aliphatic heterocycles. The number of aliphatic hydroxyl groups excluding tert-OH is 1. The molecule has 1 aromatic rings. The molecule has 19 heavy (non-hydrogen) atoms. The Bertz CT molecular complexity index is 490. The van der Waals surface area contributed by atoms with E-state index in [9.17, 15) is 4.79 Å². The second-order valence-electron chi connectivity index (χ2n) is 4.55. The highest BCUT2D eigenvalue weighted by Gasteiger charge is 2.29. The van der Waals surface area contributed by atoms with Crippen LogP contribution >= 0.6 is 0 Å². The third-order valence-electron chi connectivity index (χ3n) is 3.38. The van der Waals surface area contributed by atoms with Crippen LogP contribution in [-0.4, -0.2) is 43.5 Å². The smallest absolute Gasteiger partial charge is 0.244 e. The first-order valence-electron chi connectivity index (χ1n) is 6.35. The van der Waals surface area contributed by atoms with Gasteiger partial charge < -0.3 is 24.8 Å². The summed E-state index contributed by atoms with van der Waals surface area (Å²) in [5.41, 5.74) is 0.804. The lowest BCUT2D eigenvalue weighted by atomic mass is 10.1. The predicted molar refractivity (Wildman–Crippen MR) is 68.4 cm³/mol. The van der Waals surface area contributed by atoms with Crippen molar-refractivity contribution in [2.45, 2.75) is 12.5 Å². The number of aliphatic hydroxyl groups is 1. The lowest BCUT2D eigenvalue weighted by Gasteiger charge is -2.33. The summed E-state index contributed by atoms with van der Waals surface area (Å²) in [4.78, 5) is 14.0. The van der Waals surface area contributed by atoms with Gasteiger partial charge in [-0.3, -0.25) is 4.79 Å². The summed E-state index contributed by atoms with van der Waals surface area (Å²) in [7, 11) is 0. The fraction of sp³-hybridized carbons (Fsp3) is 0.462. The molecule has 2 N–H and O–H groups in total. The molecule has 1 atom stereocenters. The zero-order valence-electron chi connectivity index (χ0n) is 10.5. The standard InChI is InChI=1S/C13H16N2O4/c16-6-3-10-13(17)15(5-4-14-10)9-1-2-11-12(7-9)19-8-18-11/h1-2,7,10,14,16H,3-6,8H2. The molecule has 1 amide bonds. The van der Waals surface area contributed by atoms with E-state index in [0.717, 1.165) is 5.69 Å². The number of anilines is 1. The largest absolute Gasteiger partial charge is 0.454 e. The molecule has 6 nitrogen and oxygen atoms in total. The molecule has 3 rings (SSSR count). The summed E-state index contributed by atoms with van der Waals surface area (Å²) in [5, 5.41) is 12.1. The number of fused-ring (bicyclic) bond motifs is 1. The minimum Gasteiger partial charge on any atom is -0.454 e. The summed E-state index contributed by atoms with van der Waals surface area (Å²) >= 11 is 0. The Balaban J connectivity index is 1.83. The Hall–Kier alpha value is -1.79. The molecule has 0 aliphatic carbocycles. The number of piperazine rings is 1. The maximum Gasteiger partial charge on any atom is 0.244 e. The first kappa shape index (κ1) is 12.3. The highest BCUT2D eigenvalue weighted by atomic mass is 16.7. The van der Waals surface area contributed by atoms with Crippen LogP contribution < -0.4 is 19.7 Å². The van der Waals surface area contributed by atoms with Crippen LogP contribution in [0.5, 0.6) is 11.5 Å². The van der Waals surface area contributed by atoms with Gasteiger partial charge in [0, 0.05) is 31.5 Å². The van der Waals surface area contributed by atoms with Crippen molar-refractivity contribution in [1.82, 2.24) is 5.32 Å². The van der Waals surface area contributed by atoms with Crippen molar-refractivity contribution < 1.29 is 19.4 Å². The van der Waals surface area contributed by atoms with Crippen molar-refractivity contribution >= 4 is 11.6 Å². The van der Waals surface area contributed by atoms with E-state index in [1.807, 2.05) is 18.2 Å². The molecule has 0 radical (unpaired) electrons. The molecule has 0 bridgehead atoms. The maximum atomic E-state index is 12.3. The van der Waals surface area contributed by atoms with Crippen molar-refractivity contribution in [3.63, 3.8) is 0 Å². The van der Waals surface area contributed by atoms with E-state index in [4.69, 9.17) is 14.6 Å². The summed E-state index contributed by atoms with van der Waals surface area (Å²) in [6.45, 7) is 1.55. The molecule has 1 fully saturated rings. The number of nitrogens with zero attached hydrogens (tertiary/aromatic N) is 1. The summed E-state index contributed by atoms with van der Waals surface area (Å²) in [6.07, 6.45) is 0.430. The Labute approximate surface area is 110 Å². The van der Waals surface area contributed by atoms with E-state index >= 15 is 0 Å². The van der Waals surface area contributed by atoms with E-state index in [-0.39, 0.29) is 25.3 Å². The summed E-state index contributed by atoms with van der Waals surface area (Å²) in [6, 6.07) is 5.17. The van der Waals surface area contributed by atoms with E-state index in [2.05, 4.69) is 5.32 Å². The molecule has 2 heterocycles. The fourth-order valence-corrected chi connectivity index (χ4v) is 2.40. The topological polar surface area (TPSA) is 71.0 Å². The molecule has 102 valence electrons. The van der Waals surface area contributed by atoms with Gasteiger partial charge in [-0.2, -0.15) is 0 Å². The molecular weight excluding hydrogens is 248 g/mol. The minimum absolute atomic E-state index is 0.00160. The maximum absolute atomic E-state index is 12.3. The molecular formula is C13H16N2O4. The SMILES string of the molecule is O=C1C(CCO)NCCN1c1ccc2c(c1)OCO2. The molecule has 2 aliphatic rings. The number of ether oxygens (including phenoxy) is 2. The van der Waals surface area contributed by atoms with Crippen LogP contribution in [-0.2, 0) is 4.79 Å². The minimum atomic E-state index is -0.316. The van der Waals surface area contributed by atoms with Crippen molar-refractivity contribution in [2.75, 3.05) is 31.4 Å². The van der Waals surface area contributed by atoms with Gasteiger partial charge in [0.15, 0.2) is 11.5 Å². The van der Waals surface area contributed by atoms with E-state index in [1.54, 1.807) is 4.90 Å². The van der Waals surface area contributed by atoms with E-state index < -0.39 is 0 Å². The highest BCUT2D eigenvalue weighted by molar-refractivity contribution is 5.98. The monoisotopic (exact) mass is 264 g/mol. The lowest BCUT2D eigenvalue weighted by Crippen LogP contribution is -2.55. The van der Waals surface area contributed by atoms with Crippen LogP contribution in [0.4, 0.5) is 5.69 Å². The van der Waals surface area contributed by atoms with Crippen molar-refractivity contribution in [3.8, 4) is 11.5 Å². The first-order chi connectivity index (χ1) is 9.29. The third-order valence-corrected chi connectivity index (χ3v) is 3.38. The number of benzene rings is 1. The van der Waals surface area contributed by atoms with Crippen molar-refractivity contribution in [3.05, 3.63) is 18.2 Å². The van der Waals surface area contributed by atoms with Gasteiger partial charge in [0.05, 0.1) is 6.04 Å². The number of hydrogen-bond donors (Lipinski definition) is 2. The van der Waals surface area contributed by atoms with Crippen LogP contribution in [0, 0.1) is 0 Å². The quantitative estimate of drug-likeness (QED) is 0.810. The number of rotatable bonds is 3. The first-order valence-corrected chi connectivity index (χ1v) is 6.35. The average molecular weight is 264 g/mol. The van der Waals surface area contributed by atoms with Gasteiger partial charge in [-0.25, -0.2) is 0 Å². The van der Waals surface area contributed by atoms with Gasteiger partial charge >= 0.3 is 0 Å². The van der Waals surface area contributed by atoms with Gasteiger partial charge in [-0.1, -0.05) is 0 Å². The van der Waals surface area contributed by atoms with Crippen LogP contribution in [0.25, 0.3) is 0 Å². The van der Waals surface area contributed by atoms with Gasteiger partial charge in [0.1, 0.15) is 0 Å². The number of carbonyl (C=O) groups excluding carboxylic acids is 1. The average Bonchev–Trinajstić information content (AvgIpc) is 2.88. The number of carbonyl (C=O) groups is 1. The molecule has 1 unspecified atom stereocenters. The van der Waals surface area contributed by atoms with Crippen LogP contribution in [0.3, 0.4) is 0 Å². The second-order valence-corrected chi connectivity index (χ2v) is 4.55. The van der Waals surface area contributed by atoms with Gasteiger partial charge in [0.25, 0.3) is 0 Å². The van der Waals surface area contributed by atoms with E-state index in [1.165, 1.54) is 0 Å². The molecule has 1 saturated heterocycles. The number of nitrogens with one attached hydrogen (secondary N) is 1. The fourth-order valence-electron chi connectivity index (χ4n) is 2.40. The van der Waals surface area contributed by atoms with Crippen LogP contribution in [0.2, 0.25) is 0 Å². The highest BCUT2D eigenvalue weighted by Crippen LogP contribution is 2.35. The van der Waals surface area contributed by atoms with Crippen LogP contribution in [0.15, 0.2) is 18.2 Å². The summed E-state index contributed by atoms with van der Waals surface area (Å²) < 4.78 is 10.6. The van der Waals surface area contributed by atoms with E-state index in [0.29, 0.717) is 31.0 Å². The van der Waals surface area contributed by atoms with Gasteiger partial charge in [0.2, 0.25) is 12.7 Å². The Morgan fingerprint density at radius 3 is 3.05 bits per heavy atom. The molecule has 0 aromatic heterocycles. The van der Waals surface area contributed by atoms with Gasteiger partial charge in [-0.05, 0) is 18.6 Å². The third kappa shape index (κ3) is 2.24. The predicted octanol–water partition coefficient (Wildman–Crippen LogP) is 0.102. The second kappa shape index (κ2) is 5.07. The number of hydrogen-bond acceptors (Lipinski definition) is 5. The lowest BCUT2D eigenvalue weighted by molar-refractivity contribution is -0.122. The molecule has 0 spiro atoms. The normalized spacial score (nSPS) is 21.8. The Morgan fingerprint density at radius 2 is 2.21 bits per heavy atom. The van der Waals surface area contributed by atoms with Crippen molar-refractivity contribution in [2.24, 2.45) is 0 Å². The van der Waals surface area contributed by atoms with Gasteiger partial charge in [-0.15, -0.1) is 0 Å². The number of amides is 1. The Morgan fingerprint density at radius 1 is 1.37 bits per heavy atom. The molecule has 0 saturated carbocycles. The Kier molecular flexibility index (Phi) is 3.27. The summed E-state index contributed by atoms with van der Waals surface area (Å²) in [5.74, 6) is 1.36. The van der Waals surface area contributed by atoms with Crippen LogP contribution in [0.1, 0.15) is 6.42 Å². The molecule has 6 heteroatoms. The zero-order valence-corrected chi connectivity index (χ0v) is 10.5.